The molecule has 0 unspecified atom stereocenters. The Morgan fingerprint density at radius 1 is 1.00 bits per heavy atom. The van der Waals surface area contributed by atoms with E-state index in [-0.39, 0.29) is 5.91 Å². The normalized spacial score (nSPS) is 13.8. The first kappa shape index (κ1) is 21.1. The zero-order valence-electron chi connectivity index (χ0n) is 17.9. The van der Waals surface area contributed by atoms with Gasteiger partial charge in [0.15, 0.2) is 5.13 Å². The van der Waals surface area contributed by atoms with Crippen molar-refractivity contribution in [2.24, 2.45) is 0 Å². The van der Waals surface area contributed by atoms with E-state index in [1.54, 1.807) is 25.4 Å². The number of aromatic nitrogens is 3. The van der Waals surface area contributed by atoms with Gasteiger partial charge < -0.3 is 9.64 Å². The largest absolute Gasteiger partial charge is 0.378 e. The van der Waals surface area contributed by atoms with Crippen LogP contribution in [0.4, 0.5) is 5.13 Å². The quantitative estimate of drug-likeness (QED) is 0.452. The minimum Gasteiger partial charge on any atom is -0.378 e. The van der Waals surface area contributed by atoms with Crippen molar-refractivity contribution < 1.29 is 14.3 Å². The molecule has 2 N–H and O–H groups in total. The summed E-state index contributed by atoms with van der Waals surface area (Å²) in [5, 5.41) is 0.787. The third-order valence-electron chi connectivity index (χ3n) is 5.42. The molecule has 2 aromatic heterocycles. The highest BCUT2D eigenvalue weighted by atomic mass is 32.1. The van der Waals surface area contributed by atoms with Gasteiger partial charge in [0.2, 0.25) is 0 Å². The number of nitrogens with zero attached hydrogens (tertiary/aromatic N) is 4. The highest BCUT2D eigenvalue weighted by Crippen LogP contribution is 2.26. The maximum absolute atomic E-state index is 12.6. The lowest BCUT2D eigenvalue weighted by atomic mass is 10.2. The molecule has 5 rings (SSSR count). The monoisotopic (exact) mass is 462 g/mol. The van der Waals surface area contributed by atoms with Crippen molar-refractivity contribution in [1.29, 1.82) is 0 Å². The molecule has 168 valence electrons. The van der Waals surface area contributed by atoms with E-state index in [2.05, 4.69) is 25.7 Å². The van der Waals surface area contributed by atoms with Gasteiger partial charge in [0.1, 0.15) is 11.2 Å². The molecule has 1 aliphatic rings. The number of rotatable bonds is 4. The van der Waals surface area contributed by atoms with E-state index in [9.17, 15) is 9.59 Å². The van der Waals surface area contributed by atoms with E-state index in [0.29, 0.717) is 29.3 Å². The van der Waals surface area contributed by atoms with Crippen LogP contribution in [-0.2, 0) is 4.74 Å². The van der Waals surface area contributed by atoms with Crippen LogP contribution in [0, 0.1) is 6.92 Å². The fraction of sp³-hybridized carbons (Fsp3) is 0.217. The highest BCUT2D eigenvalue weighted by molar-refractivity contribution is 7.17. The molecule has 1 saturated heterocycles. The first-order valence-corrected chi connectivity index (χ1v) is 11.3. The molecule has 0 bridgehead atoms. The molecule has 1 aliphatic heterocycles. The van der Waals surface area contributed by atoms with Gasteiger partial charge in [-0.15, -0.1) is 0 Å². The molecular weight excluding hydrogens is 440 g/mol. The summed E-state index contributed by atoms with van der Waals surface area (Å²) in [5.74, 6) is -0.791. The number of carbonyl (C=O) groups is 2. The van der Waals surface area contributed by atoms with Gasteiger partial charge in [0, 0.05) is 24.3 Å². The van der Waals surface area contributed by atoms with Crippen molar-refractivity contribution in [3.8, 4) is 5.69 Å². The number of imidazole rings is 1. The minimum atomic E-state index is -0.402. The Labute approximate surface area is 194 Å². The lowest BCUT2D eigenvalue weighted by Crippen LogP contribution is -2.41. The van der Waals surface area contributed by atoms with Gasteiger partial charge >= 0.3 is 0 Å². The van der Waals surface area contributed by atoms with E-state index in [1.165, 1.54) is 11.3 Å². The van der Waals surface area contributed by atoms with Gasteiger partial charge in [0.05, 0.1) is 29.9 Å². The van der Waals surface area contributed by atoms with Crippen LogP contribution < -0.4 is 15.8 Å². The molecule has 0 radical (unpaired) electrons. The number of hydrogen-bond donors (Lipinski definition) is 2. The summed E-state index contributed by atoms with van der Waals surface area (Å²) in [7, 11) is 0. The maximum atomic E-state index is 12.6. The van der Waals surface area contributed by atoms with Crippen molar-refractivity contribution in [1.82, 2.24) is 25.4 Å². The van der Waals surface area contributed by atoms with Crippen LogP contribution in [0.1, 0.15) is 25.7 Å². The molecule has 10 heteroatoms. The third kappa shape index (κ3) is 4.30. The second-order valence-electron chi connectivity index (χ2n) is 7.57. The van der Waals surface area contributed by atoms with Crippen molar-refractivity contribution in [2.75, 3.05) is 31.2 Å². The Hall–Kier alpha value is -3.76. The zero-order chi connectivity index (χ0) is 22.8. The number of thiazole rings is 1. The number of anilines is 1. The third-order valence-corrected chi connectivity index (χ3v) is 6.64. The van der Waals surface area contributed by atoms with E-state index in [1.807, 2.05) is 41.0 Å². The summed E-state index contributed by atoms with van der Waals surface area (Å²) in [6.07, 6.45) is 1.75. The van der Waals surface area contributed by atoms with Crippen molar-refractivity contribution >= 4 is 39.3 Å². The van der Waals surface area contributed by atoms with Gasteiger partial charge in [0.25, 0.3) is 11.8 Å². The van der Waals surface area contributed by atoms with Crippen LogP contribution in [0.3, 0.4) is 0 Å². The van der Waals surface area contributed by atoms with Gasteiger partial charge in [-0.1, -0.05) is 23.5 Å². The van der Waals surface area contributed by atoms with Gasteiger partial charge in [-0.2, -0.15) is 0 Å². The number of hydrogen-bond acceptors (Lipinski definition) is 7. The van der Waals surface area contributed by atoms with E-state index in [4.69, 9.17) is 4.74 Å². The Bertz CT molecular complexity index is 1310. The fourth-order valence-electron chi connectivity index (χ4n) is 3.66. The van der Waals surface area contributed by atoms with Crippen molar-refractivity contribution in [3.05, 3.63) is 71.0 Å². The molecular formula is C23H22N6O3S. The van der Waals surface area contributed by atoms with Gasteiger partial charge in [-0.3, -0.25) is 25.0 Å². The van der Waals surface area contributed by atoms with Gasteiger partial charge in [-0.25, -0.2) is 9.97 Å². The second-order valence-corrected chi connectivity index (χ2v) is 8.55. The van der Waals surface area contributed by atoms with E-state index < -0.39 is 5.91 Å². The predicted molar refractivity (Wildman–Crippen MR) is 126 cm³/mol. The lowest BCUT2D eigenvalue weighted by Gasteiger charge is -2.25. The summed E-state index contributed by atoms with van der Waals surface area (Å²) in [6, 6.07) is 14.9. The number of morpholine rings is 1. The number of ether oxygens (including phenoxy) is 1. The number of hydrazine groups is 1. The molecule has 33 heavy (non-hydrogen) atoms. The number of nitrogens with one attached hydrogen (secondary N) is 2. The first-order chi connectivity index (χ1) is 16.1. The van der Waals surface area contributed by atoms with E-state index in [0.717, 1.165) is 34.9 Å². The molecule has 0 saturated carbocycles. The molecule has 2 aromatic carbocycles. The second kappa shape index (κ2) is 9.00. The topological polar surface area (TPSA) is 101 Å². The standard InChI is InChI=1S/C23H22N6O3S/c1-15-20(33-23(25-15)28-10-12-32-13-11-28)22(31)27-26-21(30)16-6-8-17(9-7-16)29-14-24-18-4-2-3-5-19(18)29/h2-9,14H,10-13H2,1H3,(H,26,30)(H,27,31). The SMILES string of the molecule is Cc1nc(N2CCOCC2)sc1C(=O)NNC(=O)c1ccc(-n2cnc3ccccc32)cc1. The summed E-state index contributed by atoms with van der Waals surface area (Å²) in [6.45, 7) is 4.57. The summed E-state index contributed by atoms with van der Waals surface area (Å²) >= 11 is 1.31. The summed E-state index contributed by atoms with van der Waals surface area (Å²) in [5.41, 5.74) is 8.81. The number of amides is 2. The molecule has 0 atom stereocenters. The van der Waals surface area contributed by atoms with Crippen molar-refractivity contribution in [2.45, 2.75) is 6.92 Å². The van der Waals surface area contributed by atoms with Crippen LogP contribution >= 0.6 is 11.3 Å². The molecule has 2 amide bonds. The van der Waals surface area contributed by atoms with Crippen LogP contribution in [0.5, 0.6) is 0 Å². The first-order valence-electron chi connectivity index (χ1n) is 10.5. The number of aryl methyl sites for hydroxylation is 1. The number of carbonyl (C=O) groups excluding carboxylic acids is 2. The van der Waals surface area contributed by atoms with Crippen LogP contribution in [0.25, 0.3) is 16.7 Å². The average Bonchev–Trinajstić information content (AvgIpc) is 3.47. The Morgan fingerprint density at radius 3 is 2.52 bits per heavy atom. The predicted octanol–water partition coefficient (Wildman–Crippen LogP) is 2.70. The summed E-state index contributed by atoms with van der Waals surface area (Å²) < 4.78 is 7.32. The maximum Gasteiger partial charge on any atom is 0.281 e. The molecule has 3 heterocycles. The minimum absolute atomic E-state index is 0.389. The summed E-state index contributed by atoms with van der Waals surface area (Å²) in [4.78, 5) is 36.6. The molecule has 1 fully saturated rings. The van der Waals surface area contributed by atoms with Crippen LogP contribution in [0.2, 0.25) is 0 Å². The number of fused-ring (bicyclic) bond motifs is 1. The molecule has 0 spiro atoms. The number of benzene rings is 2. The molecule has 4 aromatic rings. The van der Waals surface area contributed by atoms with Gasteiger partial charge in [-0.05, 0) is 43.3 Å². The molecule has 9 nitrogen and oxygen atoms in total. The average molecular weight is 463 g/mol. The van der Waals surface area contributed by atoms with Crippen molar-refractivity contribution in [3.63, 3.8) is 0 Å². The highest BCUT2D eigenvalue weighted by Gasteiger charge is 2.21. The molecule has 0 aliphatic carbocycles. The zero-order valence-corrected chi connectivity index (χ0v) is 18.8. The lowest BCUT2D eigenvalue weighted by molar-refractivity contribution is 0.0848. The van der Waals surface area contributed by atoms with Crippen LogP contribution in [0.15, 0.2) is 54.9 Å². The Morgan fingerprint density at radius 2 is 1.73 bits per heavy atom. The Balaban J connectivity index is 1.23. The van der Waals surface area contributed by atoms with Crippen LogP contribution in [-0.4, -0.2) is 52.7 Å². The number of para-hydroxylation sites is 2. The van der Waals surface area contributed by atoms with E-state index >= 15 is 0 Å². The smallest absolute Gasteiger partial charge is 0.281 e. The Kier molecular flexibility index (Phi) is 5.76. The fourth-order valence-corrected chi connectivity index (χ4v) is 4.68.